The van der Waals surface area contributed by atoms with Crippen LogP contribution in [-0.2, 0) is 4.74 Å². The van der Waals surface area contributed by atoms with E-state index in [9.17, 15) is 4.79 Å². The van der Waals surface area contributed by atoms with Gasteiger partial charge < -0.3 is 10.6 Å². The van der Waals surface area contributed by atoms with Crippen LogP contribution in [0.4, 0.5) is 4.79 Å². The summed E-state index contributed by atoms with van der Waals surface area (Å²) >= 11 is 1.64. The zero-order valence-corrected chi connectivity index (χ0v) is 11.2. The van der Waals surface area contributed by atoms with Crippen molar-refractivity contribution in [3.63, 3.8) is 0 Å². The molecule has 0 aliphatic heterocycles. The topological polar surface area (TPSA) is 102 Å². The van der Waals surface area contributed by atoms with Crippen LogP contribution in [0.5, 0.6) is 0 Å². The number of rotatable bonds is 6. The van der Waals surface area contributed by atoms with Crippen LogP contribution < -0.4 is 5.84 Å². The third kappa shape index (κ3) is 12.8. The van der Waals surface area contributed by atoms with Crippen LogP contribution >= 0.6 is 11.8 Å². The van der Waals surface area contributed by atoms with Gasteiger partial charge in [-0.1, -0.05) is 10.3 Å². The molecule has 0 rings (SSSR count). The van der Waals surface area contributed by atoms with Crippen LogP contribution in [0.2, 0.25) is 0 Å². The van der Waals surface area contributed by atoms with Gasteiger partial charge in [0.05, 0.1) is 13.1 Å². The van der Waals surface area contributed by atoms with E-state index in [2.05, 4.69) is 20.6 Å². The number of carbonyl (C=O) groups excluding carboxylic acids is 1. The summed E-state index contributed by atoms with van der Waals surface area (Å²) in [7, 11) is 0. The van der Waals surface area contributed by atoms with Gasteiger partial charge in [0.1, 0.15) is 5.60 Å². The van der Waals surface area contributed by atoms with Gasteiger partial charge in [-0.15, -0.1) is 0 Å². The molecule has 0 aliphatic carbocycles. The first-order valence-corrected chi connectivity index (χ1v) is 6.36. The van der Waals surface area contributed by atoms with Crippen molar-refractivity contribution in [1.82, 2.24) is 0 Å². The maximum absolute atomic E-state index is 11.1. The van der Waals surface area contributed by atoms with Gasteiger partial charge in [-0.05, 0) is 20.8 Å². The minimum atomic E-state index is -0.653. The molecule has 0 atom stereocenters. The van der Waals surface area contributed by atoms with Crippen LogP contribution in [0.3, 0.4) is 0 Å². The molecule has 0 saturated carbocycles. The van der Waals surface area contributed by atoms with Crippen molar-refractivity contribution in [2.75, 3.05) is 24.6 Å². The summed E-state index contributed by atoms with van der Waals surface area (Å²) in [5.41, 5.74) is -0.530. The van der Waals surface area contributed by atoms with Crippen LogP contribution in [0.25, 0.3) is 0 Å². The normalized spacial score (nSPS) is 12.4. The summed E-state index contributed by atoms with van der Waals surface area (Å²) in [6.07, 6.45) is -0.653. The molecule has 0 unspecified atom stereocenters. The van der Waals surface area contributed by atoms with Gasteiger partial charge in [0.15, 0.2) is 0 Å². The summed E-state index contributed by atoms with van der Waals surface area (Å²) in [5, 5.41) is 13.9. The maximum atomic E-state index is 11.1. The highest BCUT2D eigenvalue weighted by molar-refractivity contribution is 7.99. The smallest absolute Gasteiger partial charge is 0.441 e. The average Bonchev–Trinajstić information content (AvgIpc) is 2.19. The number of hydrogen-bond acceptors (Lipinski definition) is 6. The van der Waals surface area contributed by atoms with E-state index in [0.29, 0.717) is 13.1 Å². The van der Waals surface area contributed by atoms with Gasteiger partial charge in [-0.3, -0.25) is 0 Å². The summed E-state index contributed by atoms with van der Waals surface area (Å²) < 4.78 is 4.95. The Morgan fingerprint density at radius 1 is 1.24 bits per heavy atom. The Labute approximate surface area is 105 Å². The molecular formula is C9H19N5O2S. The molecule has 2 N–H and O–H groups in total. The zero-order chi connectivity index (χ0) is 13.1. The largest absolute Gasteiger partial charge is 0.452 e. The molecule has 0 aromatic carbocycles. The fourth-order valence-electron chi connectivity index (χ4n) is 0.761. The van der Waals surface area contributed by atoms with Crippen LogP contribution in [0.1, 0.15) is 20.8 Å². The molecule has 8 heteroatoms. The number of carbonyl (C=O) groups is 1. The van der Waals surface area contributed by atoms with E-state index in [-0.39, 0.29) is 0 Å². The van der Waals surface area contributed by atoms with E-state index in [1.807, 2.05) is 0 Å². The molecule has 1 amide bonds. The van der Waals surface area contributed by atoms with E-state index in [4.69, 9.17) is 10.6 Å². The lowest BCUT2D eigenvalue weighted by Crippen LogP contribution is -2.21. The van der Waals surface area contributed by atoms with Crippen LogP contribution in [-0.4, -0.2) is 36.3 Å². The van der Waals surface area contributed by atoms with Crippen molar-refractivity contribution in [3.8, 4) is 0 Å². The maximum Gasteiger partial charge on any atom is 0.452 e. The van der Waals surface area contributed by atoms with Gasteiger partial charge in [-0.2, -0.15) is 22.0 Å². The minimum absolute atomic E-state index is 0.476. The minimum Gasteiger partial charge on any atom is -0.441 e. The number of hydrogen-bond donors (Lipinski definition) is 1. The van der Waals surface area contributed by atoms with Crippen molar-refractivity contribution >= 4 is 17.9 Å². The predicted molar refractivity (Wildman–Crippen MR) is 67.2 cm³/mol. The van der Waals surface area contributed by atoms with Crippen molar-refractivity contribution in [3.05, 3.63) is 0 Å². The molecule has 0 saturated heterocycles. The highest BCUT2D eigenvalue weighted by Crippen LogP contribution is 2.08. The summed E-state index contributed by atoms with van der Waals surface area (Å²) in [4.78, 5) is 11.1. The lowest BCUT2D eigenvalue weighted by atomic mass is 10.2. The Morgan fingerprint density at radius 3 is 2.35 bits per heavy atom. The number of nitrogens with two attached hydrogens (primary N) is 1. The third-order valence-electron chi connectivity index (χ3n) is 1.30. The molecule has 0 bridgehead atoms. The predicted octanol–water partition coefficient (Wildman–Crippen LogP) is 2.43. The number of nitrogens with zero attached hydrogens (tertiary/aromatic N) is 4. The van der Waals surface area contributed by atoms with Gasteiger partial charge in [0.2, 0.25) is 0 Å². The first-order valence-electron chi connectivity index (χ1n) is 5.20. The molecule has 0 radical (unpaired) electrons. The van der Waals surface area contributed by atoms with E-state index in [0.717, 1.165) is 11.5 Å². The van der Waals surface area contributed by atoms with Crippen LogP contribution in [0, 0.1) is 0 Å². The van der Waals surface area contributed by atoms with Crippen molar-refractivity contribution < 1.29 is 9.53 Å². The standard InChI is InChI=1S/C9H19N5O2S/c1-9(2,3)16-8(15)13-11-4-6-17-7-5-12-14-10/h4-7H2,1-3H3,(H2,10,12). The zero-order valence-electron chi connectivity index (χ0n) is 10.4. The molecule has 7 nitrogen and oxygen atoms in total. The quantitative estimate of drug-likeness (QED) is 0.343. The Balaban J connectivity index is 3.51. The first-order chi connectivity index (χ1) is 7.95. The van der Waals surface area contributed by atoms with E-state index in [1.54, 1.807) is 32.5 Å². The number of azo groups is 1. The second-order valence-corrected chi connectivity index (χ2v) is 5.26. The Kier molecular flexibility index (Phi) is 8.29. The highest BCUT2D eigenvalue weighted by Gasteiger charge is 2.15. The van der Waals surface area contributed by atoms with E-state index >= 15 is 0 Å². The van der Waals surface area contributed by atoms with E-state index < -0.39 is 11.7 Å². The second kappa shape index (κ2) is 8.91. The van der Waals surface area contributed by atoms with E-state index in [1.165, 1.54) is 0 Å². The molecular weight excluding hydrogens is 242 g/mol. The fourth-order valence-corrected chi connectivity index (χ4v) is 1.39. The highest BCUT2D eigenvalue weighted by atomic mass is 32.2. The third-order valence-corrected chi connectivity index (χ3v) is 2.24. The second-order valence-electron chi connectivity index (χ2n) is 4.04. The molecule has 0 aromatic heterocycles. The molecule has 0 heterocycles. The Morgan fingerprint density at radius 2 is 1.82 bits per heavy atom. The number of ether oxygens (including phenoxy) is 1. The average molecular weight is 261 g/mol. The van der Waals surface area contributed by atoms with Crippen molar-refractivity contribution in [1.29, 1.82) is 0 Å². The summed E-state index contributed by atoms with van der Waals surface area (Å²) in [6, 6.07) is 0. The van der Waals surface area contributed by atoms with Gasteiger partial charge in [0.25, 0.3) is 0 Å². The SMILES string of the molecule is CC(C)(C)OC(=O)N=NCCSCCN=NN. The molecule has 0 spiro atoms. The van der Waals surface area contributed by atoms with Crippen molar-refractivity contribution in [2.24, 2.45) is 26.4 Å². The van der Waals surface area contributed by atoms with Crippen LogP contribution in [0.15, 0.2) is 20.6 Å². The van der Waals surface area contributed by atoms with Gasteiger partial charge >= 0.3 is 6.09 Å². The molecule has 98 valence electrons. The van der Waals surface area contributed by atoms with Gasteiger partial charge in [0, 0.05) is 11.5 Å². The summed E-state index contributed by atoms with van der Waals surface area (Å²) in [6.45, 7) is 6.40. The summed E-state index contributed by atoms with van der Waals surface area (Å²) in [5.74, 6) is 6.43. The lowest BCUT2D eigenvalue weighted by molar-refractivity contribution is 0.0590. The monoisotopic (exact) mass is 261 g/mol. The number of thioether (sulfide) groups is 1. The van der Waals surface area contributed by atoms with Gasteiger partial charge in [-0.25, -0.2) is 4.79 Å². The molecule has 0 fully saturated rings. The Bertz CT molecular complexity index is 275. The molecule has 0 aromatic rings. The molecule has 17 heavy (non-hydrogen) atoms. The van der Waals surface area contributed by atoms with Crippen molar-refractivity contribution in [2.45, 2.75) is 26.4 Å². The number of amides is 1. The fraction of sp³-hybridized carbons (Fsp3) is 0.889. The first kappa shape index (κ1) is 15.8. The molecule has 0 aliphatic rings. The Hall–Kier alpha value is -1.18. The lowest BCUT2D eigenvalue weighted by Gasteiger charge is -2.16.